The molecule has 0 fully saturated rings. The largest absolute Gasteiger partial charge is 0.497 e. The number of benzene rings is 3. The second-order valence-corrected chi connectivity index (χ2v) is 13.9. The van der Waals surface area contributed by atoms with E-state index in [2.05, 4.69) is 45.9 Å². The van der Waals surface area contributed by atoms with E-state index in [4.69, 9.17) is 28.4 Å². The Morgan fingerprint density at radius 1 is 0.450 bits per heavy atom. The Morgan fingerprint density at radius 3 is 1.00 bits per heavy atom. The first-order valence-corrected chi connectivity index (χ1v) is 15.3. The van der Waals surface area contributed by atoms with Crippen molar-refractivity contribution >= 4 is 23.6 Å². The van der Waals surface area contributed by atoms with Crippen LogP contribution in [-0.4, -0.2) is 50.7 Å². The Kier molecular flexibility index (Phi) is 8.54. The fourth-order valence-corrected chi connectivity index (χ4v) is 12.5. The van der Waals surface area contributed by atoms with E-state index in [-0.39, 0.29) is 5.54 Å². The third-order valence-corrected chi connectivity index (χ3v) is 14.1. The zero-order valence-corrected chi connectivity index (χ0v) is 26.2. The van der Waals surface area contributed by atoms with Gasteiger partial charge in [0.25, 0.3) is 0 Å². The molecule has 0 bridgehead atoms. The molecule has 0 radical (unpaired) electrons. The Bertz CT molecular complexity index is 1310. The third kappa shape index (κ3) is 4.52. The number of hydrogen-bond acceptors (Lipinski definition) is 6. The molecule has 0 unspecified atom stereocenters. The van der Waals surface area contributed by atoms with Gasteiger partial charge < -0.3 is 28.4 Å². The molecule has 0 aliphatic heterocycles. The van der Waals surface area contributed by atoms with Gasteiger partial charge in [-0.15, -0.1) is 0 Å². The highest BCUT2D eigenvalue weighted by molar-refractivity contribution is 7.14. The summed E-state index contributed by atoms with van der Waals surface area (Å²) in [6, 6.07) is 18.4. The fourth-order valence-electron chi connectivity index (χ4n) is 6.27. The average molecular weight is 561 g/mol. The number of rotatable bonds is 10. The minimum Gasteiger partial charge on any atom is -0.497 e. The van der Waals surface area contributed by atoms with Crippen LogP contribution in [0.3, 0.4) is 0 Å². The van der Waals surface area contributed by atoms with Gasteiger partial charge in [0, 0.05) is 23.7 Å². The summed E-state index contributed by atoms with van der Waals surface area (Å²) in [6.07, 6.45) is 0. The lowest BCUT2D eigenvalue weighted by Crippen LogP contribution is -2.70. The van der Waals surface area contributed by atoms with E-state index in [0.717, 1.165) is 50.1 Å². The van der Waals surface area contributed by atoms with E-state index in [1.807, 2.05) is 36.4 Å². The maximum absolute atomic E-state index is 6.15. The monoisotopic (exact) mass is 560 g/mol. The van der Waals surface area contributed by atoms with Crippen LogP contribution in [0.1, 0.15) is 27.7 Å². The van der Waals surface area contributed by atoms with Crippen molar-refractivity contribution < 1.29 is 28.4 Å². The van der Waals surface area contributed by atoms with E-state index < -0.39 is 8.07 Å². The van der Waals surface area contributed by atoms with Crippen LogP contribution in [0.2, 0.25) is 5.54 Å². The minimum atomic E-state index is -3.16. The molecule has 40 heavy (non-hydrogen) atoms. The lowest BCUT2D eigenvalue weighted by atomic mass is 10.1. The van der Waals surface area contributed by atoms with Crippen molar-refractivity contribution in [3.05, 3.63) is 76.9 Å². The second-order valence-electron chi connectivity index (χ2n) is 10.1. The molecule has 3 aromatic rings. The van der Waals surface area contributed by atoms with Gasteiger partial charge in [0.15, 0.2) is 8.07 Å². The molecule has 0 spiro atoms. The summed E-state index contributed by atoms with van der Waals surface area (Å²) in [7, 11) is 6.98. The van der Waals surface area contributed by atoms with E-state index in [1.54, 1.807) is 42.7 Å². The van der Waals surface area contributed by atoms with Crippen molar-refractivity contribution in [1.29, 1.82) is 0 Å². The van der Waals surface area contributed by atoms with Gasteiger partial charge in [-0.2, -0.15) is 0 Å². The summed E-state index contributed by atoms with van der Waals surface area (Å²) >= 11 is 0. The lowest BCUT2D eigenvalue weighted by molar-refractivity contribution is 0.395. The predicted molar refractivity (Wildman–Crippen MR) is 164 cm³/mol. The van der Waals surface area contributed by atoms with Crippen molar-refractivity contribution in [1.82, 2.24) is 0 Å². The fraction of sp³-hybridized carbons (Fsp3) is 0.333. The molecule has 0 saturated heterocycles. The van der Waals surface area contributed by atoms with Crippen molar-refractivity contribution in [3.63, 3.8) is 0 Å². The van der Waals surface area contributed by atoms with Crippen LogP contribution in [0, 0.1) is 0 Å². The van der Waals surface area contributed by atoms with Gasteiger partial charge in [0.1, 0.15) is 34.5 Å². The summed E-state index contributed by atoms with van der Waals surface area (Å²) in [6.45, 7) is 8.94. The number of hydrogen-bond donors (Lipinski definition) is 0. The molecule has 7 heteroatoms. The molecule has 0 aromatic heterocycles. The van der Waals surface area contributed by atoms with Crippen LogP contribution in [-0.2, 0) is 0 Å². The molecule has 1 aliphatic carbocycles. The summed E-state index contributed by atoms with van der Waals surface area (Å²) in [5.74, 6) is 4.44. The molecule has 212 valence electrons. The van der Waals surface area contributed by atoms with Crippen LogP contribution in [0.15, 0.2) is 76.9 Å². The maximum Gasteiger partial charge on any atom is 0.173 e. The third-order valence-electron chi connectivity index (χ3n) is 8.55. The SMILES string of the molecule is COc1ccc([Si](c2ccc(OC)cc2OC)(c2ccc(OC)cc2OC)C2C(C)=C(C)C(C)=C2C)c(OC)c1. The summed E-state index contributed by atoms with van der Waals surface area (Å²) in [5, 5.41) is 3.27. The topological polar surface area (TPSA) is 55.4 Å². The Morgan fingerprint density at radius 2 is 0.750 bits per heavy atom. The molecule has 3 aromatic carbocycles. The van der Waals surface area contributed by atoms with Crippen LogP contribution >= 0.6 is 0 Å². The van der Waals surface area contributed by atoms with Gasteiger partial charge in [-0.05, 0) is 72.6 Å². The summed E-state index contributed by atoms with van der Waals surface area (Å²) in [4.78, 5) is 0. The molecule has 0 N–H and O–H groups in total. The van der Waals surface area contributed by atoms with Crippen molar-refractivity contribution in [3.8, 4) is 34.5 Å². The molecular formula is C33H40O6Si. The number of ether oxygens (including phenoxy) is 6. The first-order chi connectivity index (χ1) is 19.2. The van der Waals surface area contributed by atoms with Crippen LogP contribution in [0.5, 0.6) is 34.5 Å². The summed E-state index contributed by atoms with van der Waals surface area (Å²) in [5.41, 5.74) is 5.34. The van der Waals surface area contributed by atoms with Crippen LogP contribution in [0.4, 0.5) is 0 Å². The number of allylic oxidation sites excluding steroid dienone is 4. The molecule has 1 aliphatic rings. The van der Waals surface area contributed by atoms with E-state index in [1.165, 1.54) is 22.3 Å². The second kappa shape index (κ2) is 11.7. The van der Waals surface area contributed by atoms with Crippen molar-refractivity contribution in [2.75, 3.05) is 42.7 Å². The molecule has 6 nitrogen and oxygen atoms in total. The molecule has 4 rings (SSSR count). The van der Waals surface area contributed by atoms with Gasteiger partial charge in [0.05, 0.1) is 42.7 Å². The van der Waals surface area contributed by atoms with Gasteiger partial charge in [-0.3, -0.25) is 0 Å². The highest BCUT2D eigenvalue weighted by Gasteiger charge is 2.54. The lowest BCUT2D eigenvalue weighted by Gasteiger charge is -2.42. The maximum atomic E-state index is 6.15. The highest BCUT2D eigenvalue weighted by Crippen LogP contribution is 2.48. The van der Waals surface area contributed by atoms with Crippen LogP contribution < -0.4 is 44.0 Å². The van der Waals surface area contributed by atoms with E-state index >= 15 is 0 Å². The molecule has 0 heterocycles. The van der Waals surface area contributed by atoms with Gasteiger partial charge >= 0.3 is 0 Å². The Balaban J connectivity index is 2.32. The van der Waals surface area contributed by atoms with Gasteiger partial charge in [0.2, 0.25) is 0 Å². The van der Waals surface area contributed by atoms with E-state index in [0.29, 0.717) is 0 Å². The number of methoxy groups -OCH3 is 6. The Hall–Kier alpha value is -3.84. The molecule has 0 atom stereocenters. The summed E-state index contributed by atoms with van der Waals surface area (Å²) < 4.78 is 35.3. The van der Waals surface area contributed by atoms with Gasteiger partial charge in [-0.1, -0.05) is 29.3 Å². The van der Waals surface area contributed by atoms with Gasteiger partial charge in [-0.25, -0.2) is 0 Å². The normalized spacial score (nSPS) is 13.9. The zero-order chi connectivity index (χ0) is 29.2. The van der Waals surface area contributed by atoms with Crippen LogP contribution in [0.25, 0.3) is 0 Å². The van der Waals surface area contributed by atoms with Crippen molar-refractivity contribution in [2.24, 2.45) is 0 Å². The zero-order valence-electron chi connectivity index (χ0n) is 25.2. The first kappa shape index (κ1) is 29.1. The standard InChI is InChI=1S/C33H40O6Si/c1-20-21(2)23(4)33(22(20)3)40(30-14-11-24(34-5)17-27(30)37-8,31-15-12-25(35-6)18-28(31)38-9)32-16-13-26(36-7)19-29(32)39-10/h11-19,33H,1-10H3. The minimum absolute atomic E-state index is 0.0550. The smallest absolute Gasteiger partial charge is 0.173 e. The molecule has 0 saturated carbocycles. The quantitative estimate of drug-likeness (QED) is 0.249. The predicted octanol–water partition coefficient (Wildman–Crippen LogP) is 5.27. The first-order valence-electron chi connectivity index (χ1n) is 13.3. The highest BCUT2D eigenvalue weighted by atomic mass is 28.3. The average Bonchev–Trinajstić information content (AvgIpc) is 3.19. The molecular weight excluding hydrogens is 520 g/mol. The Labute approximate surface area is 239 Å². The molecule has 0 amide bonds. The van der Waals surface area contributed by atoms with E-state index in [9.17, 15) is 0 Å². The van der Waals surface area contributed by atoms with Crippen molar-refractivity contribution in [2.45, 2.75) is 33.2 Å².